The molecule has 8 nitrogen and oxygen atoms in total. The maximum atomic E-state index is 13.5. The Morgan fingerprint density at radius 3 is 2.34 bits per heavy atom. The maximum absolute atomic E-state index is 13.5. The van der Waals surface area contributed by atoms with Gasteiger partial charge in [0, 0.05) is 10.0 Å². The Morgan fingerprint density at radius 1 is 1.06 bits per heavy atom. The number of benzene rings is 3. The predicted molar refractivity (Wildman–Crippen MR) is 140 cm³/mol. The van der Waals surface area contributed by atoms with E-state index in [1.54, 1.807) is 24.3 Å². The van der Waals surface area contributed by atoms with Gasteiger partial charge in [0.15, 0.2) is 0 Å². The molecule has 0 saturated carbocycles. The van der Waals surface area contributed by atoms with Gasteiger partial charge in [-0.25, -0.2) is 13.8 Å². The first-order valence-corrected chi connectivity index (χ1v) is 12.8. The van der Waals surface area contributed by atoms with Crippen molar-refractivity contribution < 1.29 is 22.7 Å². The fraction of sp³-hybridized carbons (Fsp3) is 0.167. The van der Waals surface area contributed by atoms with Crippen molar-refractivity contribution in [2.24, 2.45) is 5.10 Å². The summed E-state index contributed by atoms with van der Waals surface area (Å²) in [5.41, 5.74) is 4.09. The number of halogens is 2. The van der Waals surface area contributed by atoms with Gasteiger partial charge in [0.1, 0.15) is 18.0 Å². The van der Waals surface area contributed by atoms with Crippen LogP contribution in [0.3, 0.4) is 0 Å². The molecule has 0 radical (unpaired) electrons. The molecule has 1 N–H and O–H groups in total. The fourth-order valence-electron chi connectivity index (χ4n) is 3.11. The summed E-state index contributed by atoms with van der Waals surface area (Å²) in [4.78, 5) is 12.8. The second-order valence-corrected chi connectivity index (χ2v) is 10.5. The van der Waals surface area contributed by atoms with E-state index in [4.69, 9.17) is 21.1 Å². The van der Waals surface area contributed by atoms with E-state index < -0.39 is 22.5 Å². The first kappa shape index (κ1) is 26.5. The molecule has 0 spiro atoms. The van der Waals surface area contributed by atoms with E-state index in [0.29, 0.717) is 17.1 Å². The molecule has 0 aliphatic heterocycles. The molecule has 0 saturated heterocycles. The molecule has 0 atom stereocenters. The number of carbonyl (C=O) groups excluding carboxylic acids is 1. The molecule has 3 aromatic rings. The molecule has 0 heterocycles. The average molecular weight is 581 g/mol. The van der Waals surface area contributed by atoms with E-state index in [1.165, 1.54) is 50.8 Å². The molecule has 0 aliphatic rings. The third-order valence-electron chi connectivity index (χ3n) is 4.90. The molecule has 35 heavy (non-hydrogen) atoms. The number of hydrogen-bond acceptors (Lipinski definition) is 6. The topological polar surface area (TPSA) is 97.3 Å². The monoisotopic (exact) mass is 579 g/mol. The first-order valence-electron chi connectivity index (χ1n) is 10.2. The van der Waals surface area contributed by atoms with Gasteiger partial charge in [-0.1, -0.05) is 45.2 Å². The second-order valence-electron chi connectivity index (χ2n) is 7.32. The van der Waals surface area contributed by atoms with Crippen LogP contribution in [-0.2, 0) is 14.8 Å². The molecular formula is C24H23BrClN3O5S. The number of carbonyl (C=O) groups is 1. The third-order valence-corrected chi connectivity index (χ3v) is 7.48. The number of hydrogen-bond donors (Lipinski definition) is 1. The van der Waals surface area contributed by atoms with Crippen LogP contribution in [0, 0.1) is 6.92 Å². The quantitative estimate of drug-likeness (QED) is 0.290. The number of aryl methyl sites for hydroxylation is 1. The van der Waals surface area contributed by atoms with Crippen molar-refractivity contribution in [1.29, 1.82) is 0 Å². The number of anilines is 1. The van der Waals surface area contributed by atoms with Gasteiger partial charge in [0.05, 0.1) is 36.0 Å². The van der Waals surface area contributed by atoms with E-state index in [1.807, 2.05) is 13.0 Å². The van der Waals surface area contributed by atoms with Crippen molar-refractivity contribution >= 4 is 55.4 Å². The van der Waals surface area contributed by atoms with E-state index >= 15 is 0 Å². The lowest BCUT2D eigenvalue weighted by molar-refractivity contribution is -0.119. The van der Waals surface area contributed by atoms with Gasteiger partial charge in [0.25, 0.3) is 15.9 Å². The molecule has 1 amide bonds. The van der Waals surface area contributed by atoms with Gasteiger partial charge in [-0.15, -0.1) is 0 Å². The zero-order valence-electron chi connectivity index (χ0n) is 19.2. The molecule has 0 aromatic heterocycles. The zero-order valence-corrected chi connectivity index (χ0v) is 22.3. The summed E-state index contributed by atoms with van der Waals surface area (Å²) < 4.78 is 39.1. The van der Waals surface area contributed by atoms with Crippen molar-refractivity contribution in [3.63, 3.8) is 0 Å². The van der Waals surface area contributed by atoms with Crippen LogP contribution in [-0.4, -0.2) is 41.3 Å². The van der Waals surface area contributed by atoms with Crippen LogP contribution in [0.5, 0.6) is 11.5 Å². The van der Waals surface area contributed by atoms with Crippen LogP contribution < -0.4 is 19.2 Å². The predicted octanol–water partition coefficient (Wildman–Crippen LogP) is 4.77. The Labute approximate surface area is 217 Å². The lowest BCUT2D eigenvalue weighted by atomic mass is 10.2. The standard InChI is InChI=1S/C24H23BrClN3O5S/c1-16-4-8-20(9-5-16)35(31,32)29(19-7-11-23(34-3)21(26)13-19)15-24(30)28-27-14-17-12-18(25)6-10-22(17)33-2/h4-14H,15H2,1-3H3,(H,28,30)/b27-14-. The molecule has 0 fully saturated rings. The van der Waals surface area contributed by atoms with Crippen molar-refractivity contribution in [2.75, 3.05) is 25.1 Å². The van der Waals surface area contributed by atoms with Crippen LogP contribution in [0.2, 0.25) is 5.02 Å². The largest absolute Gasteiger partial charge is 0.496 e. The van der Waals surface area contributed by atoms with E-state index in [9.17, 15) is 13.2 Å². The summed E-state index contributed by atoms with van der Waals surface area (Å²) in [6.45, 7) is 1.31. The van der Waals surface area contributed by atoms with Gasteiger partial charge in [-0.2, -0.15) is 5.10 Å². The minimum absolute atomic E-state index is 0.0326. The highest BCUT2D eigenvalue weighted by molar-refractivity contribution is 9.10. The number of sulfonamides is 1. The summed E-state index contributed by atoms with van der Waals surface area (Å²) in [6, 6.07) is 16.1. The lowest BCUT2D eigenvalue weighted by Crippen LogP contribution is -2.39. The van der Waals surface area contributed by atoms with Gasteiger partial charge < -0.3 is 9.47 Å². The number of ether oxygens (including phenoxy) is 2. The van der Waals surface area contributed by atoms with Gasteiger partial charge in [-0.3, -0.25) is 9.10 Å². The first-order chi connectivity index (χ1) is 16.6. The Hall–Kier alpha value is -3.08. The molecule has 0 unspecified atom stereocenters. The number of methoxy groups -OCH3 is 2. The minimum atomic E-state index is -4.10. The van der Waals surface area contributed by atoms with E-state index in [2.05, 4.69) is 26.5 Å². The van der Waals surface area contributed by atoms with Crippen LogP contribution in [0.25, 0.3) is 0 Å². The number of amides is 1. The number of nitrogens with zero attached hydrogens (tertiary/aromatic N) is 2. The number of nitrogens with one attached hydrogen (secondary N) is 1. The number of rotatable bonds is 9. The molecule has 11 heteroatoms. The lowest BCUT2D eigenvalue weighted by Gasteiger charge is -2.24. The van der Waals surface area contributed by atoms with Crippen molar-refractivity contribution in [2.45, 2.75) is 11.8 Å². The fourth-order valence-corrected chi connectivity index (χ4v) is 5.15. The normalized spacial score (nSPS) is 11.3. The molecule has 184 valence electrons. The maximum Gasteiger partial charge on any atom is 0.264 e. The Bertz CT molecular complexity index is 1350. The summed E-state index contributed by atoms with van der Waals surface area (Å²) in [5, 5.41) is 4.16. The van der Waals surface area contributed by atoms with Crippen LogP contribution in [0.1, 0.15) is 11.1 Å². The van der Waals surface area contributed by atoms with Crippen molar-refractivity contribution in [3.8, 4) is 11.5 Å². The molecule has 3 rings (SSSR count). The molecule has 0 bridgehead atoms. The second kappa shape index (κ2) is 11.6. The molecule has 0 aliphatic carbocycles. The highest BCUT2D eigenvalue weighted by atomic mass is 79.9. The van der Waals surface area contributed by atoms with E-state index in [-0.39, 0.29) is 15.6 Å². The summed E-state index contributed by atoms with van der Waals surface area (Å²) in [6.07, 6.45) is 1.41. The highest BCUT2D eigenvalue weighted by Gasteiger charge is 2.27. The van der Waals surface area contributed by atoms with E-state index in [0.717, 1.165) is 14.3 Å². The zero-order chi connectivity index (χ0) is 25.6. The van der Waals surface area contributed by atoms with Gasteiger partial charge >= 0.3 is 0 Å². The number of hydrazone groups is 1. The summed E-state index contributed by atoms with van der Waals surface area (Å²) in [5.74, 6) is 0.278. The Balaban J connectivity index is 1.89. The van der Waals surface area contributed by atoms with Crippen molar-refractivity contribution in [1.82, 2.24) is 5.43 Å². The Kier molecular flexibility index (Phi) is 8.76. The summed E-state index contributed by atoms with van der Waals surface area (Å²) in [7, 11) is -1.13. The van der Waals surface area contributed by atoms with Crippen LogP contribution in [0.4, 0.5) is 5.69 Å². The SMILES string of the molecule is COc1ccc(N(CC(=O)N/N=C\c2cc(Br)ccc2OC)S(=O)(=O)c2ccc(C)cc2)cc1Cl. The third kappa shape index (κ3) is 6.53. The van der Waals surface area contributed by atoms with Gasteiger partial charge in [0.2, 0.25) is 0 Å². The Morgan fingerprint density at radius 2 is 1.71 bits per heavy atom. The van der Waals surface area contributed by atoms with Crippen LogP contribution in [0.15, 0.2) is 75.1 Å². The van der Waals surface area contributed by atoms with Gasteiger partial charge in [-0.05, 0) is 55.5 Å². The van der Waals surface area contributed by atoms with Crippen LogP contribution >= 0.6 is 27.5 Å². The molecular weight excluding hydrogens is 558 g/mol. The summed E-state index contributed by atoms with van der Waals surface area (Å²) >= 11 is 9.61. The molecule has 3 aromatic carbocycles. The highest BCUT2D eigenvalue weighted by Crippen LogP contribution is 2.32. The minimum Gasteiger partial charge on any atom is -0.496 e. The van der Waals surface area contributed by atoms with Crippen molar-refractivity contribution in [3.05, 3.63) is 81.3 Å². The average Bonchev–Trinajstić information content (AvgIpc) is 2.83. The smallest absolute Gasteiger partial charge is 0.264 e.